The van der Waals surface area contributed by atoms with E-state index in [4.69, 9.17) is 12.2 Å². The molecule has 0 radical (unpaired) electrons. The van der Waals surface area contributed by atoms with E-state index in [0.717, 1.165) is 17.1 Å². The second-order valence-corrected chi connectivity index (χ2v) is 7.81. The first-order chi connectivity index (χ1) is 14.7. The van der Waals surface area contributed by atoms with Crippen LogP contribution in [0.3, 0.4) is 0 Å². The molecule has 0 bridgehead atoms. The highest BCUT2D eigenvalue weighted by Crippen LogP contribution is 2.42. The van der Waals surface area contributed by atoms with Crippen molar-refractivity contribution in [1.29, 1.82) is 0 Å². The number of aromatic nitrogens is 2. The number of aryl methyl sites for hydroxylation is 1. The van der Waals surface area contributed by atoms with Gasteiger partial charge in [-0.05, 0) is 67.2 Å². The van der Waals surface area contributed by atoms with Crippen LogP contribution in [0.25, 0.3) is 5.69 Å². The molecule has 148 valence electrons. The number of hydrogen-bond acceptors (Lipinski definition) is 2. The number of benzene rings is 2. The van der Waals surface area contributed by atoms with Crippen molar-refractivity contribution in [1.82, 2.24) is 14.9 Å². The molecule has 0 aliphatic carbocycles. The van der Waals surface area contributed by atoms with E-state index in [0.29, 0.717) is 5.11 Å². The van der Waals surface area contributed by atoms with Crippen LogP contribution in [0.4, 0.5) is 5.69 Å². The van der Waals surface area contributed by atoms with Crippen LogP contribution >= 0.6 is 12.2 Å². The topological polar surface area (TPSA) is 33.1 Å². The van der Waals surface area contributed by atoms with Crippen molar-refractivity contribution in [3.8, 4) is 5.69 Å². The molecule has 0 amide bonds. The summed E-state index contributed by atoms with van der Waals surface area (Å²) in [6.45, 7) is 2.14. The van der Waals surface area contributed by atoms with E-state index in [-0.39, 0.29) is 12.1 Å². The maximum atomic E-state index is 5.81. The predicted molar refractivity (Wildman–Crippen MR) is 125 cm³/mol. The van der Waals surface area contributed by atoms with Gasteiger partial charge in [-0.1, -0.05) is 42.5 Å². The predicted octanol–water partition coefficient (Wildman–Crippen LogP) is 5.36. The Morgan fingerprint density at radius 2 is 1.63 bits per heavy atom. The summed E-state index contributed by atoms with van der Waals surface area (Å²) in [4.78, 5) is 6.85. The molecule has 2 aromatic heterocycles. The molecule has 2 atom stereocenters. The number of rotatable bonds is 4. The van der Waals surface area contributed by atoms with Crippen molar-refractivity contribution in [2.75, 3.05) is 4.90 Å². The maximum absolute atomic E-state index is 5.81. The number of hydrogen-bond donors (Lipinski definition) is 1. The standard InChI is InChI=1S/C25H22N4S/c1-18-10-5-6-14-21(18)28-17-9-15-22(28)24-23(20-13-7-8-16-26-20)27-25(30)29(24)19-11-3-2-4-12-19/h2-17,23-24H,1H3,(H,27,30). The van der Waals surface area contributed by atoms with Gasteiger partial charge in [0.25, 0.3) is 0 Å². The van der Waals surface area contributed by atoms with E-state index >= 15 is 0 Å². The molecule has 4 nitrogen and oxygen atoms in total. The second-order valence-electron chi connectivity index (χ2n) is 7.42. The van der Waals surface area contributed by atoms with E-state index in [1.54, 1.807) is 0 Å². The lowest BCUT2D eigenvalue weighted by Gasteiger charge is -2.29. The molecule has 5 heteroatoms. The Morgan fingerprint density at radius 1 is 0.867 bits per heavy atom. The lowest BCUT2D eigenvalue weighted by atomic mass is 10.0. The van der Waals surface area contributed by atoms with E-state index in [1.165, 1.54) is 11.3 Å². The van der Waals surface area contributed by atoms with Crippen molar-refractivity contribution in [2.24, 2.45) is 0 Å². The Bertz CT molecular complexity index is 1170. The lowest BCUT2D eigenvalue weighted by molar-refractivity contribution is 0.549. The van der Waals surface area contributed by atoms with E-state index < -0.39 is 0 Å². The Balaban J connectivity index is 1.69. The average molecular weight is 411 g/mol. The Morgan fingerprint density at radius 3 is 2.40 bits per heavy atom. The monoisotopic (exact) mass is 410 g/mol. The van der Waals surface area contributed by atoms with Crippen LogP contribution in [0.5, 0.6) is 0 Å². The number of anilines is 1. The number of pyridine rings is 1. The van der Waals surface area contributed by atoms with Gasteiger partial charge < -0.3 is 14.8 Å². The average Bonchev–Trinajstić information content (AvgIpc) is 3.39. The minimum atomic E-state index is -0.0587. The van der Waals surface area contributed by atoms with Gasteiger partial charge in [-0.2, -0.15) is 0 Å². The van der Waals surface area contributed by atoms with Crippen molar-refractivity contribution < 1.29 is 0 Å². The van der Waals surface area contributed by atoms with Crippen LogP contribution in [0.2, 0.25) is 0 Å². The molecule has 2 unspecified atom stereocenters. The number of para-hydroxylation sites is 2. The second kappa shape index (κ2) is 7.76. The zero-order valence-corrected chi connectivity index (χ0v) is 17.5. The van der Waals surface area contributed by atoms with E-state index in [9.17, 15) is 0 Å². The van der Waals surface area contributed by atoms with Gasteiger partial charge in [0.1, 0.15) is 6.04 Å². The Labute approximate surface area is 181 Å². The third-order valence-electron chi connectivity index (χ3n) is 5.59. The first-order valence-corrected chi connectivity index (χ1v) is 10.4. The van der Waals surface area contributed by atoms with Gasteiger partial charge in [0.05, 0.1) is 11.7 Å². The van der Waals surface area contributed by atoms with Crippen LogP contribution in [0.15, 0.2) is 97.3 Å². The molecule has 1 aliphatic rings. The molecule has 4 aromatic rings. The summed E-state index contributed by atoms with van der Waals surface area (Å²) < 4.78 is 2.27. The van der Waals surface area contributed by atoms with Gasteiger partial charge in [-0.25, -0.2) is 0 Å². The number of thiocarbonyl (C=S) groups is 1. The van der Waals surface area contributed by atoms with Gasteiger partial charge in [0.15, 0.2) is 5.11 Å². The molecule has 1 N–H and O–H groups in total. The highest BCUT2D eigenvalue weighted by atomic mass is 32.1. The maximum Gasteiger partial charge on any atom is 0.174 e. The van der Waals surface area contributed by atoms with Gasteiger partial charge >= 0.3 is 0 Å². The zero-order valence-electron chi connectivity index (χ0n) is 16.6. The zero-order chi connectivity index (χ0) is 20.5. The molecule has 0 spiro atoms. The third-order valence-corrected chi connectivity index (χ3v) is 5.91. The summed E-state index contributed by atoms with van der Waals surface area (Å²) >= 11 is 5.81. The van der Waals surface area contributed by atoms with Crippen LogP contribution in [0.1, 0.15) is 29.0 Å². The van der Waals surface area contributed by atoms with Gasteiger partial charge in [0, 0.05) is 29.5 Å². The smallest absolute Gasteiger partial charge is 0.174 e. The Kier molecular flexibility index (Phi) is 4.81. The molecular formula is C25H22N4S. The first kappa shape index (κ1) is 18.6. The van der Waals surface area contributed by atoms with Crippen LogP contribution in [-0.2, 0) is 0 Å². The van der Waals surface area contributed by atoms with Crippen LogP contribution in [0, 0.1) is 6.92 Å². The number of nitrogens with one attached hydrogen (secondary N) is 1. The molecule has 1 fully saturated rings. The van der Waals surface area contributed by atoms with Crippen molar-refractivity contribution in [3.05, 3.63) is 114 Å². The summed E-state index contributed by atoms with van der Waals surface area (Å²) in [6, 6.07) is 29.0. The number of nitrogens with zero attached hydrogens (tertiary/aromatic N) is 3. The summed E-state index contributed by atoms with van der Waals surface area (Å²) in [6.07, 6.45) is 3.96. The van der Waals surface area contributed by atoms with Gasteiger partial charge in [-0.3, -0.25) is 4.98 Å². The highest BCUT2D eigenvalue weighted by Gasteiger charge is 2.42. The van der Waals surface area contributed by atoms with Gasteiger partial charge in [-0.15, -0.1) is 0 Å². The van der Waals surface area contributed by atoms with E-state index in [1.807, 2.05) is 36.5 Å². The lowest BCUT2D eigenvalue weighted by Crippen LogP contribution is -2.30. The molecule has 3 heterocycles. The molecule has 5 rings (SSSR count). The minimum Gasteiger partial charge on any atom is -0.351 e. The first-order valence-electron chi connectivity index (χ1n) is 10.0. The molecule has 1 saturated heterocycles. The molecular weight excluding hydrogens is 388 g/mol. The fourth-order valence-electron chi connectivity index (χ4n) is 4.21. The summed E-state index contributed by atoms with van der Waals surface area (Å²) in [5.41, 5.74) is 5.60. The fourth-order valence-corrected chi connectivity index (χ4v) is 4.56. The Hall–Kier alpha value is -3.44. The van der Waals surface area contributed by atoms with Crippen molar-refractivity contribution >= 4 is 23.0 Å². The summed E-state index contributed by atoms with van der Waals surface area (Å²) in [7, 11) is 0. The molecule has 1 aliphatic heterocycles. The largest absolute Gasteiger partial charge is 0.351 e. The molecule has 30 heavy (non-hydrogen) atoms. The van der Waals surface area contributed by atoms with Crippen LogP contribution < -0.4 is 10.2 Å². The van der Waals surface area contributed by atoms with Gasteiger partial charge in [0.2, 0.25) is 0 Å². The SMILES string of the molecule is Cc1ccccc1-n1cccc1C1C(c2ccccn2)NC(=S)N1c1ccccc1. The van der Waals surface area contributed by atoms with E-state index in [2.05, 4.69) is 87.5 Å². The minimum absolute atomic E-state index is 0.0376. The van der Waals surface area contributed by atoms with Crippen LogP contribution in [-0.4, -0.2) is 14.7 Å². The summed E-state index contributed by atoms with van der Waals surface area (Å²) in [5.74, 6) is 0. The quantitative estimate of drug-likeness (QED) is 0.459. The third kappa shape index (κ3) is 3.17. The highest BCUT2D eigenvalue weighted by molar-refractivity contribution is 7.80. The fraction of sp³-hybridized carbons (Fsp3) is 0.120. The van der Waals surface area contributed by atoms with Crippen molar-refractivity contribution in [2.45, 2.75) is 19.0 Å². The molecule has 0 saturated carbocycles. The van der Waals surface area contributed by atoms with Crippen molar-refractivity contribution in [3.63, 3.8) is 0 Å². The summed E-state index contributed by atoms with van der Waals surface area (Å²) in [5, 5.41) is 4.24. The normalized spacial score (nSPS) is 18.4. The molecule has 2 aromatic carbocycles.